The molecule has 0 spiro atoms. The van der Waals surface area contributed by atoms with E-state index in [4.69, 9.17) is 0 Å². The van der Waals surface area contributed by atoms with Crippen molar-refractivity contribution in [2.45, 2.75) is 13.8 Å². The van der Waals surface area contributed by atoms with Crippen molar-refractivity contribution in [3.8, 4) is 0 Å². The third-order valence-electron chi connectivity index (χ3n) is 0.797. The second kappa shape index (κ2) is 8.90. The van der Waals surface area contributed by atoms with Crippen LogP contribution in [0.5, 0.6) is 0 Å². The first-order chi connectivity index (χ1) is 3.72. The maximum absolute atomic E-state index is 9.60. The summed E-state index contributed by atoms with van der Waals surface area (Å²) < 4.78 is 0. The van der Waals surface area contributed by atoms with Gasteiger partial charge < -0.3 is 26.2 Å². The Hall–Kier alpha value is -0.100. The van der Waals surface area contributed by atoms with Gasteiger partial charge in [0.05, 0.1) is 0 Å². The third kappa shape index (κ3) is 6.03. The Balaban J connectivity index is -0.000000245. The summed E-state index contributed by atoms with van der Waals surface area (Å²) in [6, 6.07) is 0. The second-order valence-corrected chi connectivity index (χ2v) is 1.35. The van der Waals surface area contributed by atoms with E-state index < -0.39 is 0 Å². The topological polar surface area (TPSA) is 102 Å². The van der Waals surface area contributed by atoms with Crippen LogP contribution in [0.2, 0.25) is 0 Å². The van der Waals surface area contributed by atoms with Gasteiger partial charge in [-0.1, -0.05) is 0 Å². The molecular formula is C4H8N2NaO3-. The van der Waals surface area contributed by atoms with Crippen LogP contribution < -0.4 is 29.6 Å². The standard InChI is InChI=1S/C4H8N2O2.Na.H2O/c1-3(5-7)4(2)6-8;;/h7-8H,1-2H3;;1H2/q;+1;/p-2/b5-3+,6-4+;;. The fourth-order valence-electron chi connectivity index (χ4n) is 0.132. The molecule has 0 fully saturated rings. The van der Waals surface area contributed by atoms with E-state index in [9.17, 15) is 10.4 Å². The van der Waals surface area contributed by atoms with Crippen molar-refractivity contribution in [2.75, 3.05) is 0 Å². The van der Waals surface area contributed by atoms with Gasteiger partial charge in [-0.2, -0.15) is 0 Å². The van der Waals surface area contributed by atoms with Crippen LogP contribution in [0, 0.1) is 10.4 Å². The summed E-state index contributed by atoms with van der Waals surface area (Å²) in [7, 11) is 0. The van der Waals surface area contributed by atoms with Gasteiger partial charge in [-0.05, 0) is 13.8 Å². The minimum Gasteiger partial charge on any atom is -0.792 e. The molecule has 0 aliphatic heterocycles. The van der Waals surface area contributed by atoms with Gasteiger partial charge in [0.1, 0.15) is 0 Å². The maximum Gasteiger partial charge on any atom is 1.00 e. The quantitative estimate of drug-likeness (QED) is 0.230. The van der Waals surface area contributed by atoms with Crippen molar-refractivity contribution < 1.29 is 35.0 Å². The number of nitrogens with zero attached hydrogens (tertiary/aromatic N) is 2. The molecule has 54 valence electrons. The zero-order valence-corrected chi connectivity index (χ0v) is 8.21. The smallest absolute Gasteiger partial charge is 0.792 e. The summed E-state index contributed by atoms with van der Waals surface area (Å²) >= 11 is 0. The summed E-state index contributed by atoms with van der Waals surface area (Å²) in [6.45, 7) is 2.87. The van der Waals surface area contributed by atoms with Crippen LogP contribution in [-0.4, -0.2) is 16.9 Å². The molecule has 0 heterocycles. The number of rotatable bonds is 1. The molecule has 0 atom stereocenters. The fourth-order valence-corrected chi connectivity index (χ4v) is 0.132. The minimum atomic E-state index is 0. The maximum atomic E-state index is 9.60. The van der Waals surface area contributed by atoms with Gasteiger partial charge in [-0.25, -0.2) is 0 Å². The van der Waals surface area contributed by atoms with E-state index in [0.29, 0.717) is 0 Å². The van der Waals surface area contributed by atoms with Crippen LogP contribution >= 0.6 is 0 Å². The Labute approximate surface area is 81.0 Å². The van der Waals surface area contributed by atoms with E-state index in [1.807, 2.05) is 0 Å². The summed E-state index contributed by atoms with van der Waals surface area (Å²) in [5, 5.41) is 24.2. The van der Waals surface area contributed by atoms with Crippen LogP contribution in [0.25, 0.3) is 0 Å². The van der Waals surface area contributed by atoms with Gasteiger partial charge >= 0.3 is 29.6 Å². The molecule has 2 N–H and O–H groups in total. The SMILES string of the molecule is CC(=N\[O-])/C(C)=N/[O-].O.[Na+]. The molecule has 0 amide bonds. The molecule has 0 aliphatic carbocycles. The Kier molecular flexibility index (Phi) is 14.7. The molecule has 6 heteroatoms. The molecule has 0 saturated carbocycles. The van der Waals surface area contributed by atoms with Gasteiger partial charge in [-0.15, -0.1) is 0 Å². The first kappa shape index (κ1) is 16.5. The molecule has 10 heavy (non-hydrogen) atoms. The zero-order chi connectivity index (χ0) is 6.57. The summed E-state index contributed by atoms with van der Waals surface area (Å²) in [4.78, 5) is 0. The van der Waals surface area contributed by atoms with Crippen molar-refractivity contribution in [1.29, 1.82) is 0 Å². The van der Waals surface area contributed by atoms with Gasteiger partial charge in [-0.3, -0.25) is 0 Å². The minimum absolute atomic E-state index is 0. The third-order valence-corrected chi connectivity index (χ3v) is 0.797. The van der Waals surface area contributed by atoms with E-state index in [1.165, 1.54) is 13.8 Å². The Morgan fingerprint density at radius 3 is 1.30 bits per heavy atom. The monoisotopic (exact) mass is 155 g/mol. The summed E-state index contributed by atoms with van der Waals surface area (Å²) in [5.74, 6) is 0. The molecular weight excluding hydrogens is 147 g/mol. The largest absolute Gasteiger partial charge is 1.00 e. The van der Waals surface area contributed by atoms with Crippen molar-refractivity contribution >= 4 is 11.4 Å². The zero-order valence-electron chi connectivity index (χ0n) is 6.21. The first-order valence-corrected chi connectivity index (χ1v) is 2.06. The van der Waals surface area contributed by atoms with Crippen LogP contribution in [0.15, 0.2) is 10.3 Å². The Bertz CT molecular complexity index is 118. The number of hydrogen-bond acceptors (Lipinski definition) is 4. The van der Waals surface area contributed by atoms with E-state index >= 15 is 0 Å². The fraction of sp³-hybridized carbons (Fsp3) is 0.500. The molecule has 0 aromatic heterocycles. The second-order valence-electron chi connectivity index (χ2n) is 1.35. The van der Waals surface area contributed by atoms with Crippen LogP contribution in [-0.2, 0) is 0 Å². The average Bonchev–Trinajstić information content (AvgIpc) is 1.84. The van der Waals surface area contributed by atoms with Crippen molar-refractivity contribution in [1.82, 2.24) is 0 Å². The van der Waals surface area contributed by atoms with E-state index in [-0.39, 0.29) is 46.5 Å². The molecule has 0 rings (SSSR count). The molecule has 0 saturated heterocycles. The molecule has 0 bridgehead atoms. The average molecular weight is 155 g/mol. The van der Waals surface area contributed by atoms with Crippen LogP contribution in [0.4, 0.5) is 0 Å². The predicted molar refractivity (Wildman–Crippen MR) is 36.6 cm³/mol. The van der Waals surface area contributed by atoms with Gasteiger partial charge in [0.25, 0.3) is 0 Å². The summed E-state index contributed by atoms with van der Waals surface area (Å²) in [5.41, 5.74) is 0.278. The molecule has 0 aromatic rings. The van der Waals surface area contributed by atoms with E-state index in [0.717, 1.165) is 0 Å². The van der Waals surface area contributed by atoms with Crippen molar-refractivity contribution in [2.24, 2.45) is 10.3 Å². The normalized spacial score (nSPS) is 11.4. The molecule has 0 aliphatic rings. The van der Waals surface area contributed by atoms with Crippen molar-refractivity contribution in [3.05, 3.63) is 10.4 Å². The molecule has 5 nitrogen and oxygen atoms in total. The van der Waals surface area contributed by atoms with Gasteiger partial charge in [0.2, 0.25) is 0 Å². The summed E-state index contributed by atoms with van der Waals surface area (Å²) in [6.07, 6.45) is 0. The number of hydrogen-bond donors (Lipinski definition) is 0. The van der Waals surface area contributed by atoms with Gasteiger partial charge in [0.15, 0.2) is 0 Å². The van der Waals surface area contributed by atoms with Crippen molar-refractivity contribution in [3.63, 3.8) is 0 Å². The van der Waals surface area contributed by atoms with E-state index in [1.54, 1.807) is 0 Å². The Morgan fingerprint density at radius 1 is 1.00 bits per heavy atom. The van der Waals surface area contributed by atoms with Gasteiger partial charge in [0, 0.05) is 11.4 Å². The Morgan fingerprint density at radius 2 is 1.20 bits per heavy atom. The molecule has 0 aromatic carbocycles. The first-order valence-electron chi connectivity index (χ1n) is 2.06. The van der Waals surface area contributed by atoms with E-state index in [2.05, 4.69) is 10.3 Å². The predicted octanol–water partition coefficient (Wildman–Crippen LogP) is -2.92. The van der Waals surface area contributed by atoms with Crippen LogP contribution in [0.1, 0.15) is 13.8 Å². The van der Waals surface area contributed by atoms with Crippen LogP contribution in [0.3, 0.4) is 0 Å². The molecule has 0 radical (unpaired) electrons. The molecule has 0 unspecified atom stereocenters.